The van der Waals surface area contributed by atoms with E-state index in [4.69, 9.17) is 4.74 Å². The maximum atomic E-state index is 6.64. The summed E-state index contributed by atoms with van der Waals surface area (Å²) in [4.78, 5) is 0. The van der Waals surface area contributed by atoms with Crippen LogP contribution in [0.5, 0.6) is 0 Å². The summed E-state index contributed by atoms with van der Waals surface area (Å²) in [6, 6.07) is 32.6. The van der Waals surface area contributed by atoms with Gasteiger partial charge in [0.05, 0.1) is 12.7 Å². The molecule has 3 aromatic carbocycles. The van der Waals surface area contributed by atoms with Crippen molar-refractivity contribution < 1.29 is 4.74 Å². The van der Waals surface area contributed by atoms with Crippen LogP contribution in [0.25, 0.3) is 0 Å². The molecule has 5 atom stereocenters. The van der Waals surface area contributed by atoms with Crippen LogP contribution in [0.1, 0.15) is 23.6 Å². The molecule has 1 heterocycles. The van der Waals surface area contributed by atoms with Crippen LogP contribution in [0.15, 0.2) is 91.0 Å². The molecule has 1 aliphatic heterocycles. The van der Waals surface area contributed by atoms with E-state index in [1.807, 2.05) is 0 Å². The van der Waals surface area contributed by atoms with Gasteiger partial charge in [0.25, 0.3) is 0 Å². The van der Waals surface area contributed by atoms with Gasteiger partial charge in [-0.2, -0.15) is 0 Å². The van der Waals surface area contributed by atoms with Gasteiger partial charge in [0.2, 0.25) is 0 Å². The zero-order valence-electron chi connectivity index (χ0n) is 17.4. The molecule has 150 valence electrons. The van der Waals surface area contributed by atoms with Crippen molar-refractivity contribution in [2.75, 3.05) is 6.66 Å². The van der Waals surface area contributed by atoms with E-state index in [1.165, 1.54) is 23.1 Å². The molecule has 1 fully saturated rings. The van der Waals surface area contributed by atoms with E-state index in [0.717, 1.165) is 6.42 Å². The lowest BCUT2D eigenvalue weighted by Crippen LogP contribution is -2.30. The quantitative estimate of drug-likeness (QED) is 0.407. The van der Waals surface area contributed by atoms with Gasteiger partial charge in [-0.05, 0) is 47.8 Å². The minimum Gasteiger partial charge on any atom is -0.373 e. The molecule has 1 unspecified atom stereocenters. The Bertz CT molecular complexity index is 865. The van der Waals surface area contributed by atoms with E-state index < -0.39 is 0 Å². The Labute approximate surface area is 176 Å². The first-order chi connectivity index (χ1) is 14.2. The van der Waals surface area contributed by atoms with Crippen LogP contribution in [0, 0.1) is 5.92 Å². The maximum Gasteiger partial charge on any atom is 0.0721 e. The molecule has 0 aliphatic carbocycles. The Hall–Kier alpha value is -1.95. The second-order valence-electron chi connectivity index (χ2n) is 8.30. The van der Waals surface area contributed by atoms with Crippen LogP contribution in [0.4, 0.5) is 0 Å². The summed E-state index contributed by atoms with van der Waals surface area (Å²) >= 11 is 0. The van der Waals surface area contributed by atoms with Crippen molar-refractivity contribution in [1.29, 1.82) is 0 Å². The zero-order valence-corrected chi connectivity index (χ0v) is 18.3. The molecule has 3 aromatic rings. The molecule has 1 aliphatic rings. The summed E-state index contributed by atoms with van der Waals surface area (Å²) in [7, 11) is -0.123. The summed E-state index contributed by atoms with van der Waals surface area (Å²) in [6.07, 6.45) is 2.61. The maximum absolute atomic E-state index is 6.64. The molecule has 0 spiro atoms. The lowest BCUT2D eigenvalue weighted by molar-refractivity contribution is 0.0111. The highest BCUT2D eigenvalue weighted by molar-refractivity contribution is 7.58. The SMILES string of the molecule is C[C@@H]1[C@@H](OCc2ccccc2)[C@H](Cc2ccccc2)P(C)[C@H]1Cc1ccccc1. The first kappa shape index (κ1) is 20.3. The topological polar surface area (TPSA) is 9.23 Å². The molecular weight excluding hydrogens is 371 g/mol. The van der Waals surface area contributed by atoms with Gasteiger partial charge in [-0.1, -0.05) is 106 Å². The van der Waals surface area contributed by atoms with Gasteiger partial charge >= 0.3 is 0 Å². The molecular formula is C27H31OP. The van der Waals surface area contributed by atoms with Crippen molar-refractivity contribution in [2.24, 2.45) is 5.92 Å². The Kier molecular flexibility index (Phi) is 6.80. The number of hydrogen-bond donors (Lipinski definition) is 0. The molecule has 1 nitrogen and oxygen atoms in total. The first-order valence-corrected chi connectivity index (χ1v) is 12.6. The molecule has 0 aromatic heterocycles. The molecule has 4 rings (SSSR count). The van der Waals surface area contributed by atoms with Gasteiger partial charge in [0, 0.05) is 5.66 Å². The third kappa shape index (κ3) is 4.97. The summed E-state index contributed by atoms with van der Waals surface area (Å²) in [6.45, 7) is 5.65. The predicted molar refractivity (Wildman–Crippen MR) is 125 cm³/mol. The minimum atomic E-state index is -0.123. The average molecular weight is 403 g/mol. The Morgan fingerprint density at radius 3 is 1.62 bits per heavy atom. The Morgan fingerprint density at radius 2 is 1.10 bits per heavy atom. The van der Waals surface area contributed by atoms with E-state index in [-0.39, 0.29) is 7.92 Å². The smallest absolute Gasteiger partial charge is 0.0721 e. The van der Waals surface area contributed by atoms with Gasteiger partial charge in [-0.15, -0.1) is 0 Å². The molecule has 0 bridgehead atoms. The zero-order chi connectivity index (χ0) is 20.1. The van der Waals surface area contributed by atoms with E-state index >= 15 is 0 Å². The fourth-order valence-electron chi connectivity index (χ4n) is 4.75. The molecule has 29 heavy (non-hydrogen) atoms. The third-order valence-electron chi connectivity index (χ3n) is 6.41. The predicted octanol–water partition coefficient (Wildman–Crippen LogP) is 6.56. The average Bonchev–Trinajstić information content (AvgIpc) is 2.98. The largest absolute Gasteiger partial charge is 0.373 e. The van der Waals surface area contributed by atoms with E-state index in [0.29, 0.717) is 29.9 Å². The molecule has 0 saturated carbocycles. The Balaban J connectivity index is 1.54. The summed E-state index contributed by atoms with van der Waals surface area (Å²) in [5.74, 6) is 0.573. The standard InChI is InChI=1S/C27H31OP/c1-21-25(18-22-12-6-3-7-13-22)29(2)26(19-23-14-8-4-9-15-23)27(21)28-20-24-16-10-5-11-17-24/h3-17,21,25-27H,18-20H2,1-2H3/t21-,25-,26-,27+,29?/m0/s1. The second kappa shape index (κ2) is 9.70. The van der Waals surface area contributed by atoms with Gasteiger partial charge in [-0.25, -0.2) is 0 Å². The van der Waals surface area contributed by atoms with Crippen molar-refractivity contribution in [2.45, 2.75) is 43.8 Å². The van der Waals surface area contributed by atoms with E-state index in [2.05, 4.69) is 105 Å². The van der Waals surface area contributed by atoms with E-state index in [9.17, 15) is 0 Å². The number of benzene rings is 3. The lowest BCUT2D eigenvalue weighted by Gasteiger charge is -2.25. The Morgan fingerprint density at radius 1 is 0.655 bits per heavy atom. The molecule has 0 N–H and O–H groups in total. The van der Waals surface area contributed by atoms with Crippen molar-refractivity contribution in [3.05, 3.63) is 108 Å². The highest BCUT2D eigenvalue weighted by Gasteiger charge is 2.46. The molecule has 1 saturated heterocycles. The van der Waals surface area contributed by atoms with Crippen molar-refractivity contribution in [3.8, 4) is 0 Å². The van der Waals surface area contributed by atoms with Crippen LogP contribution >= 0.6 is 7.92 Å². The van der Waals surface area contributed by atoms with Crippen LogP contribution < -0.4 is 0 Å². The van der Waals surface area contributed by atoms with Crippen molar-refractivity contribution in [1.82, 2.24) is 0 Å². The monoisotopic (exact) mass is 402 g/mol. The van der Waals surface area contributed by atoms with Crippen molar-refractivity contribution in [3.63, 3.8) is 0 Å². The van der Waals surface area contributed by atoms with Gasteiger partial charge in [-0.3, -0.25) is 0 Å². The number of rotatable bonds is 7. The fraction of sp³-hybridized carbons (Fsp3) is 0.333. The highest BCUT2D eigenvalue weighted by Crippen LogP contribution is 2.58. The molecule has 2 heteroatoms. The minimum absolute atomic E-state index is 0.123. The van der Waals surface area contributed by atoms with Crippen LogP contribution in [0.3, 0.4) is 0 Å². The molecule has 0 amide bonds. The van der Waals surface area contributed by atoms with Gasteiger partial charge < -0.3 is 4.74 Å². The lowest BCUT2D eigenvalue weighted by atomic mass is 9.92. The van der Waals surface area contributed by atoms with Crippen LogP contribution in [0.2, 0.25) is 0 Å². The van der Waals surface area contributed by atoms with Gasteiger partial charge in [0.15, 0.2) is 0 Å². The second-order valence-corrected chi connectivity index (χ2v) is 11.0. The number of hydrogen-bond acceptors (Lipinski definition) is 1. The van der Waals surface area contributed by atoms with E-state index in [1.54, 1.807) is 0 Å². The number of ether oxygens (including phenoxy) is 1. The highest BCUT2D eigenvalue weighted by atomic mass is 31.1. The summed E-state index contributed by atoms with van der Waals surface area (Å²) < 4.78 is 6.64. The normalized spacial score (nSPS) is 26.5. The van der Waals surface area contributed by atoms with Gasteiger partial charge in [0.1, 0.15) is 0 Å². The summed E-state index contributed by atoms with van der Waals surface area (Å²) in [5.41, 5.74) is 5.49. The third-order valence-corrected chi connectivity index (χ3v) is 9.63. The molecule has 0 radical (unpaired) electrons. The van der Waals surface area contributed by atoms with Crippen LogP contribution in [-0.4, -0.2) is 24.1 Å². The summed E-state index contributed by atoms with van der Waals surface area (Å²) in [5, 5.41) is 0. The fourth-order valence-corrected chi connectivity index (χ4v) is 7.97. The van der Waals surface area contributed by atoms with Crippen molar-refractivity contribution >= 4 is 7.92 Å². The first-order valence-electron chi connectivity index (χ1n) is 10.7. The van der Waals surface area contributed by atoms with Crippen LogP contribution in [-0.2, 0) is 24.2 Å².